The highest BCUT2D eigenvalue weighted by Crippen LogP contribution is 2.29. The summed E-state index contributed by atoms with van der Waals surface area (Å²) in [6.07, 6.45) is 0.926. The third-order valence-corrected chi connectivity index (χ3v) is 3.55. The quantitative estimate of drug-likeness (QED) is 0.781. The van der Waals surface area contributed by atoms with Crippen molar-refractivity contribution < 1.29 is 14.3 Å². The maximum atomic E-state index is 12.4. The van der Waals surface area contributed by atoms with Crippen LogP contribution >= 0.6 is 0 Å². The molecule has 23 heavy (non-hydrogen) atoms. The van der Waals surface area contributed by atoms with Crippen molar-refractivity contribution >= 4 is 5.91 Å². The highest BCUT2D eigenvalue weighted by Gasteiger charge is 2.14. The van der Waals surface area contributed by atoms with Crippen LogP contribution in [0.1, 0.15) is 29.3 Å². The Morgan fingerprint density at radius 3 is 2.48 bits per heavy atom. The highest BCUT2D eigenvalue weighted by molar-refractivity contribution is 5.94. The fraction of sp³-hybridized carbons (Fsp3) is 0.316. The van der Waals surface area contributed by atoms with Gasteiger partial charge >= 0.3 is 0 Å². The Kier molecular flexibility index (Phi) is 6.03. The Labute approximate surface area is 137 Å². The molecule has 1 amide bonds. The number of methoxy groups -OCH3 is 1. The summed E-state index contributed by atoms with van der Waals surface area (Å²) < 4.78 is 11.2. The van der Waals surface area contributed by atoms with Gasteiger partial charge in [0.15, 0.2) is 11.5 Å². The summed E-state index contributed by atoms with van der Waals surface area (Å²) in [6.45, 7) is 3.21. The monoisotopic (exact) mass is 313 g/mol. The molecule has 0 aliphatic carbocycles. The van der Waals surface area contributed by atoms with Gasteiger partial charge in [-0.05, 0) is 30.2 Å². The number of carbonyl (C=O) groups excluding carboxylic acids is 1. The molecule has 0 bridgehead atoms. The molecule has 0 saturated carbocycles. The summed E-state index contributed by atoms with van der Waals surface area (Å²) in [4.78, 5) is 14.1. The first-order chi connectivity index (χ1) is 11.2. The van der Waals surface area contributed by atoms with Crippen LogP contribution in [-0.2, 0) is 6.61 Å². The fourth-order valence-electron chi connectivity index (χ4n) is 2.32. The second-order valence-corrected chi connectivity index (χ2v) is 5.37. The summed E-state index contributed by atoms with van der Waals surface area (Å²) in [6, 6.07) is 15.2. The smallest absolute Gasteiger partial charge is 0.253 e. The number of rotatable bonds is 7. The van der Waals surface area contributed by atoms with Gasteiger partial charge in [0, 0.05) is 19.2 Å². The molecule has 2 aromatic carbocycles. The predicted octanol–water partition coefficient (Wildman–Crippen LogP) is 3.76. The van der Waals surface area contributed by atoms with E-state index in [4.69, 9.17) is 9.47 Å². The first-order valence-electron chi connectivity index (χ1n) is 7.76. The van der Waals surface area contributed by atoms with E-state index >= 15 is 0 Å². The average molecular weight is 313 g/mol. The topological polar surface area (TPSA) is 38.8 Å². The molecule has 0 unspecified atom stereocenters. The van der Waals surface area contributed by atoms with Crippen molar-refractivity contribution in [2.24, 2.45) is 0 Å². The zero-order valence-electron chi connectivity index (χ0n) is 13.9. The molecule has 4 heteroatoms. The van der Waals surface area contributed by atoms with E-state index in [-0.39, 0.29) is 5.91 Å². The lowest BCUT2D eigenvalue weighted by Gasteiger charge is -2.17. The van der Waals surface area contributed by atoms with Gasteiger partial charge in [0.2, 0.25) is 0 Å². The number of nitrogens with zero attached hydrogens (tertiary/aromatic N) is 1. The van der Waals surface area contributed by atoms with Crippen LogP contribution in [-0.4, -0.2) is 31.5 Å². The number of carbonyl (C=O) groups is 1. The van der Waals surface area contributed by atoms with Crippen LogP contribution in [0.2, 0.25) is 0 Å². The van der Waals surface area contributed by atoms with E-state index in [1.165, 1.54) is 0 Å². The summed E-state index contributed by atoms with van der Waals surface area (Å²) in [5.41, 5.74) is 1.67. The van der Waals surface area contributed by atoms with E-state index in [0.717, 1.165) is 18.5 Å². The molecule has 0 atom stereocenters. The molecule has 0 spiro atoms. The third kappa shape index (κ3) is 4.49. The molecule has 0 aliphatic heterocycles. The van der Waals surface area contributed by atoms with Crippen LogP contribution in [0.25, 0.3) is 0 Å². The van der Waals surface area contributed by atoms with E-state index in [1.54, 1.807) is 37.3 Å². The fourth-order valence-corrected chi connectivity index (χ4v) is 2.32. The minimum atomic E-state index is -0.0148. The van der Waals surface area contributed by atoms with Gasteiger partial charge in [-0.15, -0.1) is 0 Å². The van der Waals surface area contributed by atoms with Crippen LogP contribution < -0.4 is 9.47 Å². The normalized spacial score (nSPS) is 10.2. The number of hydrogen-bond acceptors (Lipinski definition) is 3. The predicted molar refractivity (Wildman–Crippen MR) is 91.0 cm³/mol. The van der Waals surface area contributed by atoms with E-state index in [1.807, 2.05) is 37.3 Å². The standard InChI is InChI=1S/C19H23NO3/c1-4-12-20(2)19(21)16-10-11-17(22-3)18(13-16)23-14-15-8-6-5-7-9-15/h5-11,13H,4,12,14H2,1-3H3. The molecule has 122 valence electrons. The molecule has 0 radical (unpaired) electrons. The molecule has 0 aromatic heterocycles. The van der Waals surface area contributed by atoms with E-state index < -0.39 is 0 Å². The first kappa shape index (κ1) is 16.9. The maximum Gasteiger partial charge on any atom is 0.253 e. The van der Waals surface area contributed by atoms with Crippen molar-refractivity contribution in [3.63, 3.8) is 0 Å². The lowest BCUT2D eigenvalue weighted by atomic mass is 10.1. The summed E-state index contributed by atoms with van der Waals surface area (Å²) >= 11 is 0. The molecule has 0 aliphatic rings. The van der Waals surface area contributed by atoms with Crippen LogP contribution in [0.5, 0.6) is 11.5 Å². The van der Waals surface area contributed by atoms with Gasteiger partial charge in [0.25, 0.3) is 5.91 Å². The molecular formula is C19H23NO3. The molecule has 0 saturated heterocycles. The average Bonchev–Trinajstić information content (AvgIpc) is 2.60. The van der Waals surface area contributed by atoms with Gasteiger partial charge < -0.3 is 14.4 Å². The van der Waals surface area contributed by atoms with Gasteiger partial charge in [-0.3, -0.25) is 4.79 Å². The van der Waals surface area contributed by atoms with Crippen LogP contribution in [0.3, 0.4) is 0 Å². The molecule has 0 heterocycles. The van der Waals surface area contributed by atoms with Crippen molar-refractivity contribution in [1.29, 1.82) is 0 Å². The highest BCUT2D eigenvalue weighted by atomic mass is 16.5. The van der Waals surface area contributed by atoms with Gasteiger partial charge in [-0.25, -0.2) is 0 Å². The van der Waals surface area contributed by atoms with Gasteiger partial charge in [-0.2, -0.15) is 0 Å². The zero-order chi connectivity index (χ0) is 16.7. The van der Waals surface area contributed by atoms with Crippen LogP contribution in [0, 0.1) is 0 Å². The van der Waals surface area contributed by atoms with Crippen molar-refractivity contribution in [3.8, 4) is 11.5 Å². The Bertz CT molecular complexity index is 640. The molecule has 0 fully saturated rings. The molecule has 4 nitrogen and oxygen atoms in total. The van der Waals surface area contributed by atoms with Crippen molar-refractivity contribution in [2.45, 2.75) is 20.0 Å². The van der Waals surface area contributed by atoms with Crippen LogP contribution in [0.15, 0.2) is 48.5 Å². The lowest BCUT2D eigenvalue weighted by Crippen LogP contribution is -2.27. The van der Waals surface area contributed by atoms with Gasteiger partial charge in [-0.1, -0.05) is 37.3 Å². The number of ether oxygens (including phenoxy) is 2. The van der Waals surface area contributed by atoms with Gasteiger partial charge in [0.1, 0.15) is 6.61 Å². The van der Waals surface area contributed by atoms with E-state index in [2.05, 4.69) is 0 Å². The Balaban J connectivity index is 2.17. The minimum absolute atomic E-state index is 0.0148. The summed E-state index contributed by atoms with van der Waals surface area (Å²) in [5.74, 6) is 1.18. The number of benzene rings is 2. The molecular weight excluding hydrogens is 290 g/mol. The summed E-state index contributed by atoms with van der Waals surface area (Å²) in [7, 11) is 3.40. The Hall–Kier alpha value is -2.49. The van der Waals surface area contributed by atoms with Crippen molar-refractivity contribution in [1.82, 2.24) is 4.90 Å². The summed E-state index contributed by atoms with van der Waals surface area (Å²) in [5, 5.41) is 0. The molecule has 2 aromatic rings. The van der Waals surface area contributed by atoms with Gasteiger partial charge in [0.05, 0.1) is 7.11 Å². The Morgan fingerprint density at radius 1 is 1.09 bits per heavy atom. The molecule has 0 N–H and O–H groups in total. The zero-order valence-corrected chi connectivity index (χ0v) is 13.9. The lowest BCUT2D eigenvalue weighted by molar-refractivity contribution is 0.0794. The second-order valence-electron chi connectivity index (χ2n) is 5.37. The van der Waals surface area contributed by atoms with E-state index in [9.17, 15) is 4.79 Å². The Morgan fingerprint density at radius 2 is 1.83 bits per heavy atom. The van der Waals surface area contributed by atoms with Crippen molar-refractivity contribution in [3.05, 3.63) is 59.7 Å². The first-order valence-corrected chi connectivity index (χ1v) is 7.76. The van der Waals surface area contributed by atoms with Crippen molar-refractivity contribution in [2.75, 3.05) is 20.7 Å². The SMILES string of the molecule is CCCN(C)C(=O)c1ccc(OC)c(OCc2ccccc2)c1. The van der Waals surface area contributed by atoms with E-state index in [0.29, 0.717) is 23.7 Å². The molecule has 2 rings (SSSR count). The van der Waals surface area contributed by atoms with Crippen LogP contribution in [0.4, 0.5) is 0 Å². The second kappa shape index (κ2) is 8.22. The largest absolute Gasteiger partial charge is 0.493 e. The number of amides is 1. The number of hydrogen-bond donors (Lipinski definition) is 0. The third-order valence-electron chi connectivity index (χ3n) is 3.55. The minimum Gasteiger partial charge on any atom is -0.493 e. The maximum absolute atomic E-state index is 12.4.